The summed E-state index contributed by atoms with van der Waals surface area (Å²) in [7, 11) is 2.25. The zero-order valence-electron chi connectivity index (χ0n) is 15.4. The quantitative estimate of drug-likeness (QED) is 0.457. The van der Waals surface area contributed by atoms with Crippen LogP contribution in [0.2, 0.25) is 0 Å². The number of carbonyl (C=O) groups excluding carboxylic acids is 1. The van der Waals surface area contributed by atoms with E-state index in [2.05, 4.69) is 20.9 Å². The molecule has 2 rings (SSSR count). The fourth-order valence-corrected chi connectivity index (χ4v) is 4.41. The van der Waals surface area contributed by atoms with Gasteiger partial charge in [-0.15, -0.1) is 0 Å². The molecule has 3 nitrogen and oxygen atoms in total. The van der Waals surface area contributed by atoms with Crippen LogP contribution in [0.1, 0.15) is 65.2 Å². The summed E-state index contributed by atoms with van der Waals surface area (Å²) in [6.45, 7) is 8.16. The SMILES string of the molecule is CC[N+](C)(CC)CCOC(=O)C(C1CCCC1)C1CCCC1.[Br-]. The Balaban J connectivity index is 0.00000264. The third-order valence-corrected chi connectivity index (χ3v) is 6.49. The molecule has 0 aromatic carbocycles. The Labute approximate surface area is 153 Å². The van der Waals surface area contributed by atoms with E-state index in [1.807, 2.05) is 0 Å². The van der Waals surface area contributed by atoms with Gasteiger partial charge in [0.05, 0.1) is 26.1 Å². The van der Waals surface area contributed by atoms with E-state index in [1.54, 1.807) is 0 Å². The highest BCUT2D eigenvalue weighted by molar-refractivity contribution is 5.73. The highest BCUT2D eigenvalue weighted by Gasteiger charge is 2.39. The highest BCUT2D eigenvalue weighted by atomic mass is 79.9. The van der Waals surface area contributed by atoms with Crippen molar-refractivity contribution >= 4 is 5.97 Å². The van der Waals surface area contributed by atoms with Crippen molar-refractivity contribution in [3.63, 3.8) is 0 Å². The summed E-state index contributed by atoms with van der Waals surface area (Å²) >= 11 is 0. The summed E-state index contributed by atoms with van der Waals surface area (Å²) in [4.78, 5) is 12.8. The summed E-state index contributed by atoms with van der Waals surface area (Å²) in [5, 5.41) is 0. The topological polar surface area (TPSA) is 26.3 Å². The number of esters is 1. The Morgan fingerprint density at radius 3 is 1.83 bits per heavy atom. The van der Waals surface area contributed by atoms with Gasteiger partial charge in [0, 0.05) is 0 Å². The van der Waals surface area contributed by atoms with Crippen molar-refractivity contribution in [1.82, 2.24) is 0 Å². The monoisotopic (exact) mass is 389 g/mol. The average Bonchev–Trinajstić information content (AvgIpc) is 3.21. The number of halogens is 1. The van der Waals surface area contributed by atoms with Crippen LogP contribution in [0.25, 0.3) is 0 Å². The molecule has 0 aromatic rings. The third-order valence-electron chi connectivity index (χ3n) is 6.49. The molecular weight excluding hydrogens is 354 g/mol. The number of hydrogen-bond acceptors (Lipinski definition) is 2. The van der Waals surface area contributed by atoms with Gasteiger partial charge in [0.2, 0.25) is 0 Å². The lowest BCUT2D eigenvalue weighted by molar-refractivity contribution is -0.906. The molecule has 0 aromatic heterocycles. The fourth-order valence-electron chi connectivity index (χ4n) is 4.41. The Bertz CT molecular complexity index is 329. The number of likely N-dealkylation sites (N-methyl/N-ethyl adjacent to an activating group) is 1. The van der Waals surface area contributed by atoms with E-state index in [-0.39, 0.29) is 28.9 Å². The number of ether oxygens (including phenoxy) is 1. The first kappa shape index (κ1) is 21.0. The van der Waals surface area contributed by atoms with Crippen LogP contribution in [-0.4, -0.2) is 43.7 Å². The lowest BCUT2D eigenvalue weighted by Gasteiger charge is -2.32. The van der Waals surface area contributed by atoms with Crippen LogP contribution in [-0.2, 0) is 9.53 Å². The van der Waals surface area contributed by atoms with Gasteiger partial charge in [0.25, 0.3) is 0 Å². The predicted molar refractivity (Wildman–Crippen MR) is 90.5 cm³/mol. The van der Waals surface area contributed by atoms with Gasteiger partial charge in [-0.1, -0.05) is 25.7 Å². The summed E-state index contributed by atoms with van der Waals surface area (Å²) in [5.41, 5.74) is 0. The normalized spacial score (nSPS) is 20.0. The number of rotatable bonds is 8. The van der Waals surface area contributed by atoms with Crippen LogP contribution in [0.3, 0.4) is 0 Å². The third kappa shape index (κ3) is 5.74. The first-order valence-electron chi connectivity index (χ1n) is 9.60. The van der Waals surface area contributed by atoms with Crippen molar-refractivity contribution in [2.24, 2.45) is 17.8 Å². The van der Waals surface area contributed by atoms with Crippen molar-refractivity contribution in [3.8, 4) is 0 Å². The van der Waals surface area contributed by atoms with Crippen molar-refractivity contribution in [3.05, 3.63) is 0 Å². The summed E-state index contributed by atoms with van der Waals surface area (Å²) in [5.74, 6) is 1.53. The van der Waals surface area contributed by atoms with E-state index in [9.17, 15) is 4.79 Å². The standard InChI is InChI=1S/C19H36NO2.BrH/c1-4-20(3,5-2)14-15-22-19(21)18(16-10-6-7-11-16)17-12-8-9-13-17;/h16-18H,4-15H2,1-3H3;1H/q+1;/p-1. The molecule has 4 heteroatoms. The van der Waals surface area contributed by atoms with E-state index in [0.29, 0.717) is 18.4 Å². The second-order valence-electron chi connectivity index (χ2n) is 7.76. The van der Waals surface area contributed by atoms with Gasteiger partial charge in [-0.3, -0.25) is 4.79 Å². The maximum Gasteiger partial charge on any atom is 0.309 e. The van der Waals surface area contributed by atoms with E-state index >= 15 is 0 Å². The summed E-state index contributed by atoms with van der Waals surface area (Å²) in [6, 6.07) is 0. The van der Waals surface area contributed by atoms with Crippen molar-refractivity contribution < 1.29 is 31.0 Å². The van der Waals surface area contributed by atoms with Crippen LogP contribution < -0.4 is 17.0 Å². The highest BCUT2D eigenvalue weighted by Crippen LogP contribution is 2.42. The maximum absolute atomic E-state index is 12.8. The maximum atomic E-state index is 12.8. The molecule has 0 N–H and O–H groups in total. The van der Waals surface area contributed by atoms with Crippen LogP contribution in [0.15, 0.2) is 0 Å². The number of carbonyl (C=O) groups is 1. The molecule has 0 aliphatic heterocycles. The average molecular weight is 390 g/mol. The van der Waals surface area contributed by atoms with Crippen molar-refractivity contribution in [2.45, 2.75) is 65.2 Å². The zero-order chi connectivity index (χ0) is 16.0. The first-order chi connectivity index (χ1) is 10.6. The van der Waals surface area contributed by atoms with E-state index < -0.39 is 0 Å². The van der Waals surface area contributed by atoms with E-state index in [4.69, 9.17) is 4.74 Å². The molecule has 0 amide bonds. The second-order valence-corrected chi connectivity index (χ2v) is 7.76. The van der Waals surface area contributed by atoms with Gasteiger partial charge < -0.3 is 26.2 Å². The molecule has 0 heterocycles. The molecule has 2 saturated carbocycles. The molecule has 0 bridgehead atoms. The molecule has 0 saturated heterocycles. The van der Waals surface area contributed by atoms with Gasteiger partial charge in [-0.2, -0.15) is 0 Å². The molecule has 0 spiro atoms. The van der Waals surface area contributed by atoms with Crippen LogP contribution >= 0.6 is 0 Å². The van der Waals surface area contributed by atoms with Crippen LogP contribution in [0.4, 0.5) is 0 Å². The number of nitrogens with zero attached hydrogens (tertiary/aromatic N) is 1. The summed E-state index contributed by atoms with van der Waals surface area (Å²) < 4.78 is 6.76. The molecule has 23 heavy (non-hydrogen) atoms. The van der Waals surface area contributed by atoms with Gasteiger partial charge in [-0.05, 0) is 51.4 Å². The van der Waals surface area contributed by atoms with E-state index in [0.717, 1.165) is 24.1 Å². The molecule has 2 aliphatic carbocycles. The van der Waals surface area contributed by atoms with Gasteiger partial charge >= 0.3 is 5.97 Å². The minimum atomic E-state index is 0. The fraction of sp³-hybridized carbons (Fsp3) is 0.947. The molecule has 2 fully saturated rings. The van der Waals surface area contributed by atoms with Crippen molar-refractivity contribution in [1.29, 1.82) is 0 Å². The van der Waals surface area contributed by atoms with Gasteiger partial charge in [-0.25, -0.2) is 0 Å². The van der Waals surface area contributed by atoms with Crippen molar-refractivity contribution in [2.75, 3.05) is 33.3 Å². The molecule has 136 valence electrons. The lowest BCUT2D eigenvalue weighted by atomic mass is 9.79. The Hall–Kier alpha value is -0.0900. The molecule has 0 atom stereocenters. The zero-order valence-corrected chi connectivity index (χ0v) is 16.9. The predicted octanol–water partition coefficient (Wildman–Crippen LogP) is 1.02. The van der Waals surface area contributed by atoms with Gasteiger partial charge in [0.15, 0.2) is 0 Å². The van der Waals surface area contributed by atoms with E-state index in [1.165, 1.54) is 51.4 Å². The number of quaternary nitrogens is 1. The lowest BCUT2D eigenvalue weighted by Crippen LogP contribution is -3.00. The Morgan fingerprint density at radius 1 is 1.00 bits per heavy atom. The molecule has 2 aliphatic rings. The largest absolute Gasteiger partial charge is 1.00 e. The van der Waals surface area contributed by atoms with Crippen LogP contribution in [0.5, 0.6) is 0 Å². The minimum Gasteiger partial charge on any atom is -1.00 e. The Morgan fingerprint density at radius 2 is 1.43 bits per heavy atom. The Kier molecular flexibility index (Phi) is 9.13. The smallest absolute Gasteiger partial charge is 0.309 e. The minimum absolute atomic E-state index is 0. The number of hydrogen-bond donors (Lipinski definition) is 0. The van der Waals surface area contributed by atoms with Crippen LogP contribution in [0, 0.1) is 17.8 Å². The first-order valence-corrected chi connectivity index (χ1v) is 9.60. The summed E-state index contributed by atoms with van der Waals surface area (Å²) in [6.07, 6.45) is 10.2. The molecule has 0 radical (unpaired) electrons. The molecule has 0 unspecified atom stereocenters. The molecular formula is C19H36BrNO2. The second kappa shape index (κ2) is 10.0. The van der Waals surface area contributed by atoms with Gasteiger partial charge in [0.1, 0.15) is 13.2 Å².